The normalized spacial score (nSPS) is 12.5. The summed E-state index contributed by atoms with van der Waals surface area (Å²) in [7, 11) is 1.56. The van der Waals surface area contributed by atoms with Crippen LogP contribution >= 0.6 is 0 Å². The Morgan fingerprint density at radius 1 is 0.879 bits per heavy atom. The highest BCUT2D eigenvalue weighted by atomic mass is 16.6. The number of carboxylic acid groups (broad SMARTS) is 2. The van der Waals surface area contributed by atoms with Crippen LogP contribution in [0.15, 0.2) is 24.3 Å². The lowest BCUT2D eigenvalue weighted by molar-refractivity contribution is -0.145. The van der Waals surface area contributed by atoms with Gasteiger partial charge in [-0.2, -0.15) is 0 Å². The van der Waals surface area contributed by atoms with Crippen molar-refractivity contribution < 1.29 is 34.1 Å². The number of amides is 1. The van der Waals surface area contributed by atoms with Gasteiger partial charge in [-0.25, -0.2) is 9.59 Å². The number of alkyl carbamates (subject to hydrolysis) is 1. The number of methoxy groups -OCH3 is 1. The van der Waals surface area contributed by atoms with Crippen molar-refractivity contribution in [3.63, 3.8) is 0 Å². The molecule has 0 fully saturated rings. The largest absolute Gasteiger partial charge is 0.497 e. The first-order chi connectivity index (χ1) is 15.9. The summed E-state index contributed by atoms with van der Waals surface area (Å²) in [5.41, 5.74) is 0.770. The first-order valence-electron chi connectivity index (χ1n) is 11.9. The predicted molar refractivity (Wildman–Crippen MR) is 125 cm³/mol. The Kier molecular flexibility index (Phi) is 14.4. The van der Waals surface area contributed by atoms with Crippen molar-refractivity contribution in [2.24, 2.45) is 0 Å². The monoisotopic (exact) mass is 465 g/mol. The fraction of sp³-hybridized carbons (Fsp3) is 0.640. The third-order valence-corrected chi connectivity index (χ3v) is 5.53. The second kappa shape index (κ2) is 16.8. The van der Waals surface area contributed by atoms with Crippen molar-refractivity contribution in [2.75, 3.05) is 7.11 Å². The molecule has 1 aromatic carbocycles. The summed E-state index contributed by atoms with van der Waals surface area (Å²) in [6.45, 7) is 2.22. The van der Waals surface area contributed by atoms with E-state index in [4.69, 9.17) is 19.7 Å². The van der Waals surface area contributed by atoms with Crippen LogP contribution in [0.25, 0.3) is 0 Å². The first-order valence-corrected chi connectivity index (χ1v) is 11.9. The second-order valence-electron chi connectivity index (χ2n) is 8.27. The molecule has 0 spiro atoms. The summed E-state index contributed by atoms with van der Waals surface area (Å²) in [4.78, 5) is 34.4. The molecular formula is C25H39NO7. The van der Waals surface area contributed by atoms with E-state index in [1.165, 1.54) is 44.9 Å². The average Bonchev–Trinajstić information content (AvgIpc) is 2.78. The van der Waals surface area contributed by atoms with E-state index in [9.17, 15) is 14.4 Å². The van der Waals surface area contributed by atoms with Gasteiger partial charge in [-0.1, -0.05) is 76.8 Å². The van der Waals surface area contributed by atoms with E-state index in [2.05, 4.69) is 12.2 Å². The van der Waals surface area contributed by atoms with Gasteiger partial charge in [-0.05, 0) is 30.5 Å². The second-order valence-corrected chi connectivity index (χ2v) is 8.27. The molecule has 1 aromatic rings. The van der Waals surface area contributed by atoms with Crippen molar-refractivity contribution in [1.82, 2.24) is 5.32 Å². The Morgan fingerprint density at radius 2 is 1.42 bits per heavy atom. The van der Waals surface area contributed by atoms with Crippen LogP contribution in [-0.4, -0.2) is 41.4 Å². The number of ether oxygens (including phenoxy) is 2. The van der Waals surface area contributed by atoms with Gasteiger partial charge in [0.15, 0.2) is 0 Å². The number of nitrogens with one attached hydrogen (secondary N) is 1. The molecule has 186 valence electrons. The molecule has 0 radical (unpaired) electrons. The first kappa shape index (κ1) is 28.3. The lowest BCUT2D eigenvalue weighted by Crippen LogP contribution is -2.42. The number of unbranched alkanes of at least 4 members (excludes halogenated alkanes) is 9. The number of carbonyl (C=O) groups excluding carboxylic acids is 1. The Balaban J connectivity index is 2.57. The van der Waals surface area contributed by atoms with Gasteiger partial charge in [0.1, 0.15) is 17.9 Å². The summed E-state index contributed by atoms with van der Waals surface area (Å²) in [6, 6.07) is 5.60. The molecule has 8 heteroatoms. The maximum atomic E-state index is 12.3. The molecule has 0 aliphatic rings. The van der Waals surface area contributed by atoms with E-state index in [0.29, 0.717) is 12.2 Å². The third kappa shape index (κ3) is 12.7. The van der Waals surface area contributed by atoms with Gasteiger partial charge in [0, 0.05) is 0 Å². The molecule has 0 heterocycles. The molecule has 2 unspecified atom stereocenters. The molecule has 1 rings (SSSR count). The zero-order valence-electron chi connectivity index (χ0n) is 19.9. The number of aliphatic carboxylic acids is 2. The minimum absolute atomic E-state index is 0.566. The van der Waals surface area contributed by atoms with E-state index in [-0.39, 0.29) is 0 Å². The SMILES string of the molecule is CCCCCCCCCCCCC(OC(=O)NC(CC(=O)O)C(=O)O)c1ccc(OC)cc1. The van der Waals surface area contributed by atoms with Crippen molar-refractivity contribution in [3.8, 4) is 5.75 Å². The van der Waals surface area contributed by atoms with Gasteiger partial charge < -0.3 is 25.0 Å². The number of benzene rings is 1. The van der Waals surface area contributed by atoms with Crippen LogP contribution in [0.2, 0.25) is 0 Å². The summed E-state index contributed by atoms with van der Waals surface area (Å²) >= 11 is 0. The van der Waals surface area contributed by atoms with E-state index in [0.717, 1.165) is 24.8 Å². The summed E-state index contributed by atoms with van der Waals surface area (Å²) in [5, 5.41) is 20.1. The molecule has 2 atom stereocenters. The highest BCUT2D eigenvalue weighted by Crippen LogP contribution is 2.26. The van der Waals surface area contributed by atoms with Gasteiger partial charge in [-0.3, -0.25) is 4.79 Å². The average molecular weight is 466 g/mol. The van der Waals surface area contributed by atoms with Crippen LogP contribution in [0.4, 0.5) is 4.79 Å². The van der Waals surface area contributed by atoms with Crippen molar-refractivity contribution in [1.29, 1.82) is 0 Å². The number of rotatable bonds is 18. The van der Waals surface area contributed by atoms with Crippen molar-refractivity contribution >= 4 is 18.0 Å². The van der Waals surface area contributed by atoms with Crippen LogP contribution in [0.5, 0.6) is 5.75 Å². The molecule has 8 nitrogen and oxygen atoms in total. The molecule has 1 amide bonds. The number of hydrogen-bond acceptors (Lipinski definition) is 5. The van der Waals surface area contributed by atoms with Gasteiger partial charge in [0.2, 0.25) is 0 Å². The molecule has 0 aliphatic carbocycles. The fourth-order valence-electron chi connectivity index (χ4n) is 3.61. The molecule has 0 bridgehead atoms. The van der Waals surface area contributed by atoms with Crippen LogP contribution in [0, 0.1) is 0 Å². The summed E-state index contributed by atoms with van der Waals surface area (Å²) < 4.78 is 10.7. The van der Waals surface area contributed by atoms with Crippen molar-refractivity contribution in [2.45, 2.75) is 96.1 Å². The molecule has 0 saturated heterocycles. The standard InChI is InChI=1S/C25H39NO7/c1-3-4-5-6-7-8-9-10-11-12-13-22(19-14-16-20(32-2)17-15-19)33-25(31)26-21(24(29)30)18-23(27)28/h14-17,21-22H,3-13,18H2,1-2H3,(H,26,31)(H,27,28)(H,29,30). The molecule has 0 aromatic heterocycles. The number of carbonyl (C=O) groups is 3. The van der Waals surface area contributed by atoms with E-state index < -0.39 is 36.6 Å². The van der Waals surface area contributed by atoms with E-state index in [1.807, 2.05) is 0 Å². The van der Waals surface area contributed by atoms with Gasteiger partial charge in [0.25, 0.3) is 0 Å². The van der Waals surface area contributed by atoms with Gasteiger partial charge >= 0.3 is 18.0 Å². The zero-order chi connectivity index (χ0) is 24.5. The van der Waals surface area contributed by atoms with Gasteiger partial charge in [0.05, 0.1) is 13.5 Å². The van der Waals surface area contributed by atoms with Crippen LogP contribution in [0.3, 0.4) is 0 Å². The van der Waals surface area contributed by atoms with Crippen molar-refractivity contribution in [3.05, 3.63) is 29.8 Å². The van der Waals surface area contributed by atoms with Crippen LogP contribution < -0.4 is 10.1 Å². The molecule has 3 N–H and O–H groups in total. The third-order valence-electron chi connectivity index (χ3n) is 5.53. The van der Waals surface area contributed by atoms with Gasteiger partial charge in [-0.15, -0.1) is 0 Å². The topological polar surface area (TPSA) is 122 Å². The minimum Gasteiger partial charge on any atom is -0.497 e. The maximum Gasteiger partial charge on any atom is 0.408 e. The smallest absolute Gasteiger partial charge is 0.408 e. The number of carboxylic acids is 2. The van der Waals surface area contributed by atoms with E-state index in [1.54, 1.807) is 31.4 Å². The highest BCUT2D eigenvalue weighted by Gasteiger charge is 2.25. The fourth-order valence-corrected chi connectivity index (χ4v) is 3.61. The Bertz CT molecular complexity index is 705. The maximum absolute atomic E-state index is 12.3. The molecular weight excluding hydrogens is 426 g/mol. The molecule has 0 aliphatic heterocycles. The highest BCUT2D eigenvalue weighted by molar-refractivity contribution is 5.84. The quantitative estimate of drug-likeness (QED) is 0.238. The number of hydrogen-bond donors (Lipinski definition) is 3. The predicted octanol–water partition coefficient (Wildman–Crippen LogP) is 5.70. The zero-order valence-corrected chi connectivity index (χ0v) is 19.9. The molecule has 0 saturated carbocycles. The van der Waals surface area contributed by atoms with E-state index >= 15 is 0 Å². The summed E-state index contributed by atoms with van der Waals surface area (Å²) in [5.74, 6) is -2.07. The summed E-state index contributed by atoms with van der Waals surface area (Å²) in [6.07, 6.45) is 10.2. The minimum atomic E-state index is -1.55. The lowest BCUT2D eigenvalue weighted by atomic mass is 10.0. The lowest BCUT2D eigenvalue weighted by Gasteiger charge is -2.20. The Labute approximate surface area is 196 Å². The Hall–Kier alpha value is -2.77. The van der Waals surface area contributed by atoms with Crippen LogP contribution in [-0.2, 0) is 14.3 Å². The Morgan fingerprint density at radius 3 is 1.91 bits per heavy atom. The molecule has 33 heavy (non-hydrogen) atoms. The van der Waals surface area contributed by atoms with Crippen LogP contribution in [0.1, 0.15) is 95.6 Å².